The molecule has 3 rings (SSSR count). The minimum atomic E-state index is -0.308. The fourth-order valence-corrected chi connectivity index (χ4v) is 2.15. The number of furan rings is 1. The van der Waals surface area contributed by atoms with E-state index in [0.717, 1.165) is 5.56 Å². The quantitative estimate of drug-likeness (QED) is 0.744. The molecule has 1 amide bonds. The summed E-state index contributed by atoms with van der Waals surface area (Å²) in [5, 5.41) is 0. The number of carbonyl (C=O) groups excluding carboxylic acids is 1. The Balaban J connectivity index is 1.93. The van der Waals surface area contributed by atoms with Crippen LogP contribution in [-0.4, -0.2) is 10.5 Å². The molecule has 1 aromatic carbocycles. The molecule has 0 unspecified atom stereocenters. The van der Waals surface area contributed by atoms with E-state index in [9.17, 15) is 4.79 Å². The predicted octanol–water partition coefficient (Wildman–Crippen LogP) is 3.18. The van der Waals surface area contributed by atoms with Crippen molar-refractivity contribution in [2.45, 2.75) is 13.5 Å². The topological polar surface area (TPSA) is 47.5 Å². The average Bonchev–Trinajstić information content (AvgIpc) is 3.06. The molecule has 0 aliphatic carbocycles. The Kier molecular flexibility index (Phi) is 4.01. The largest absolute Gasteiger partial charge is 0.472 e. The van der Waals surface area contributed by atoms with Crippen molar-refractivity contribution in [3.63, 3.8) is 0 Å². The summed E-state index contributed by atoms with van der Waals surface area (Å²) in [5.41, 5.74) is 3.45. The molecule has 0 radical (unpaired) electrons. The van der Waals surface area contributed by atoms with Crippen molar-refractivity contribution in [3.8, 4) is 0 Å². The molecule has 4 heteroatoms. The van der Waals surface area contributed by atoms with E-state index < -0.39 is 0 Å². The first-order chi connectivity index (χ1) is 10.7. The van der Waals surface area contributed by atoms with Crippen LogP contribution in [-0.2, 0) is 6.54 Å². The first-order valence-corrected chi connectivity index (χ1v) is 7.05. The minimum Gasteiger partial charge on any atom is -0.472 e. The van der Waals surface area contributed by atoms with Gasteiger partial charge in [-0.05, 0) is 30.7 Å². The van der Waals surface area contributed by atoms with Crippen LogP contribution in [0.5, 0.6) is 0 Å². The number of hydrogen-bond acceptors (Lipinski definition) is 2. The predicted molar refractivity (Wildman–Crippen MR) is 83.3 cm³/mol. The summed E-state index contributed by atoms with van der Waals surface area (Å²) in [4.78, 5) is 16.3. The molecule has 0 atom stereocenters. The van der Waals surface area contributed by atoms with Crippen LogP contribution in [0.15, 0.2) is 76.7 Å². The highest BCUT2D eigenvalue weighted by Gasteiger charge is 2.05. The fraction of sp³-hybridized carbons (Fsp3) is 0.111. The SMILES string of the molecule is Cc1ccc(Cn2ccccc2=NC(=O)c2ccoc2)cc1. The molecule has 0 fully saturated rings. The highest BCUT2D eigenvalue weighted by molar-refractivity contribution is 5.94. The van der Waals surface area contributed by atoms with Gasteiger partial charge in [0.2, 0.25) is 0 Å². The molecule has 0 spiro atoms. The van der Waals surface area contributed by atoms with Crippen LogP contribution >= 0.6 is 0 Å². The molecular weight excluding hydrogens is 276 g/mol. The molecule has 0 saturated heterocycles. The Morgan fingerprint density at radius 2 is 1.95 bits per heavy atom. The van der Waals surface area contributed by atoms with E-state index in [1.807, 2.05) is 29.0 Å². The van der Waals surface area contributed by atoms with Gasteiger partial charge in [0.25, 0.3) is 5.91 Å². The van der Waals surface area contributed by atoms with Gasteiger partial charge < -0.3 is 8.98 Å². The molecule has 0 saturated carbocycles. The zero-order chi connectivity index (χ0) is 15.4. The van der Waals surface area contributed by atoms with E-state index in [2.05, 4.69) is 36.2 Å². The molecule has 110 valence electrons. The van der Waals surface area contributed by atoms with Gasteiger partial charge >= 0.3 is 0 Å². The normalized spacial score (nSPS) is 11.6. The number of rotatable bonds is 3. The Bertz CT molecular complexity index is 828. The summed E-state index contributed by atoms with van der Waals surface area (Å²) in [6, 6.07) is 15.5. The van der Waals surface area contributed by atoms with Crippen molar-refractivity contribution in [2.24, 2.45) is 4.99 Å². The minimum absolute atomic E-state index is 0.308. The van der Waals surface area contributed by atoms with Crippen LogP contribution in [0.4, 0.5) is 0 Å². The smallest absolute Gasteiger partial charge is 0.282 e. The van der Waals surface area contributed by atoms with Crippen LogP contribution in [0.25, 0.3) is 0 Å². The standard InChI is InChI=1S/C18H16N2O2/c1-14-5-7-15(8-6-14)12-20-10-3-2-4-17(20)19-18(21)16-9-11-22-13-16/h2-11,13H,12H2,1H3. The van der Waals surface area contributed by atoms with Gasteiger partial charge in [0, 0.05) is 12.7 Å². The number of amides is 1. The van der Waals surface area contributed by atoms with Gasteiger partial charge in [-0.2, -0.15) is 4.99 Å². The fourth-order valence-electron chi connectivity index (χ4n) is 2.15. The monoisotopic (exact) mass is 292 g/mol. The molecule has 0 N–H and O–H groups in total. The van der Waals surface area contributed by atoms with Crippen LogP contribution in [0.2, 0.25) is 0 Å². The third kappa shape index (κ3) is 3.23. The van der Waals surface area contributed by atoms with E-state index in [1.165, 1.54) is 18.1 Å². The molecule has 2 aromatic heterocycles. The molecule has 2 heterocycles. The van der Waals surface area contributed by atoms with Gasteiger partial charge in [-0.3, -0.25) is 4.79 Å². The highest BCUT2D eigenvalue weighted by Crippen LogP contribution is 2.05. The van der Waals surface area contributed by atoms with E-state index in [1.54, 1.807) is 6.07 Å². The maximum absolute atomic E-state index is 12.1. The van der Waals surface area contributed by atoms with Crippen molar-refractivity contribution in [2.75, 3.05) is 0 Å². The van der Waals surface area contributed by atoms with Crippen molar-refractivity contribution in [1.29, 1.82) is 0 Å². The average molecular weight is 292 g/mol. The van der Waals surface area contributed by atoms with Crippen LogP contribution in [0.1, 0.15) is 21.5 Å². The molecule has 0 aliphatic heterocycles. The van der Waals surface area contributed by atoms with E-state index >= 15 is 0 Å². The number of aromatic nitrogens is 1. The summed E-state index contributed by atoms with van der Waals surface area (Å²) < 4.78 is 6.87. The molecular formula is C18H16N2O2. The zero-order valence-corrected chi connectivity index (χ0v) is 12.3. The number of benzene rings is 1. The third-order valence-corrected chi connectivity index (χ3v) is 3.37. The van der Waals surface area contributed by atoms with Gasteiger partial charge in [-0.1, -0.05) is 35.9 Å². The van der Waals surface area contributed by atoms with Gasteiger partial charge in [-0.15, -0.1) is 0 Å². The highest BCUT2D eigenvalue weighted by atomic mass is 16.3. The zero-order valence-electron chi connectivity index (χ0n) is 12.3. The maximum atomic E-state index is 12.1. The molecule has 0 bridgehead atoms. The second kappa shape index (κ2) is 6.26. The van der Waals surface area contributed by atoms with E-state index in [4.69, 9.17) is 4.42 Å². The molecule has 3 aromatic rings. The number of aryl methyl sites for hydroxylation is 1. The van der Waals surface area contributed by atoms with Crippen LogP contribution in [0, 0.1) is 6.92 Å². The van der Waals surface area contributed by atoms with Crippen molar-refractivity contribution in [3.05, 3.63) is 89.4 Å². The number of hydrogen-bond donors (Lipinski definition) is 0. The van der Waals surface area contributed by atoms with E-state index in [0.29, 0.717) is 17.6 Å². The number of carbonyl (C=O) groups is 1. The van der Waals surface area contributed by atoms with Crippen LogP contribution < -0.4 is 5.49 Å². The van der Waals surface area contributed by atoms with Crippen molar-refractivity contribution in [1.82, 2.24) is 4.57 Å². The van der Waals surface area contributed by atoms with Crippen molar-refractivity contribution >= 4 is 5.91 Å². The van der Waals surface area contributed by atoms with Gasteiger partial charge in [-0.25, -0.2) is 0 Å². The van der Waals surface area contributed by atoms with Gasteiger partial charge in [0.1, 0.15) is 11.8 Å². The van der Waals surface area contributed by atoms with Crippen molar-refractivity contribution < 1.29 is 9.21 Å². The Hall–Kier alpha value is -2.88. The first-order valence-electron chi connectivity index (χ1n) is 7.05. The summed E-state index contributed by atoms with van der Waals surface area (Å²) in [6.45, 7) is 2.72. The number of pyridine rings is 1. The van der Waals surface area contributed by atoms with Crippen LogP contribution in [0.3, 0.4) is 0 Å². The molecule has 22 heavy (non-hydrogen) atoms. The lowest BCUT2D eigenvalue weighted by atomic mass is 10.1. The summed E-state index contributed by atoms with van der Waals surface area (Å²) in [5.74, 6) is -0.308. The Labute approximate surface area is 128 Å². The second-order valence-electron chi connectivity index (χ2n) is 5.10. The van der Waals surface area contributed by atoms with E-state index in [-0.39, 0.29) is 5.91 Å². The lowest BCUT2D eigenvalue weighted by molar-refractivity contribution is 0.0996. The van der Waals surface area contributed by atoms with Gasteiger partial charge in [0.05, 0.1) is 11.8 Å². The Morgan fingerprint density at radius 1 is 1.14 bits per heavy atom. The first kappa shape index (κ1) is 14.1. The second-order valence-corrected chi connectivity index (χ2v) is 5.10. The molecule has 4 nitrogen and oxygen atoms in total. The molecule has 0 aliphatic rings. The summed E-state index contributed by atoms with van der Waals surface area (Å²) in [7, 11) is 0. The van der Waals surface area contributed by atoms with Gasteiger partial charge in [0.15, 0.2) is 0 Å². The lowest BCUT2D eigenvalue weighted by Crippen LogP contribution is -2.22. The third-order valence-electron chi connectivity index (χ3n) is 3.37. The Morgan fingerprint density at radius 3 is 2.68 bits per heavy atom. The summed E-state index contributed by atoms with van der Waals surface area (Å²) in [6.07, 6.45) is 4.79. The summed E-state index contributed by atoms with van der Waals surface area (Å²) >= 11 is 0. The lowest BCUT2D eigenvalue weighted by Gasteiger charge is -2.07. The maximum Gasteiger partial charge on any atom is 0.282 e. The number of nitrogens with zero attached hydrogens (tertiary/aromatic N) is 2.